The molecule has 4 heterocycles. The first kappa shape index (κ1) is 20.9. The van der Waals surface area contributed by atoms with Gasteiger partial charge in [0.05, 0.1) is 24.6 Å². The predicted molar refractivity (Wildman–Crippen MR) is 117 cm³/mol. The third-order valence-electron chi connectivity index (χ3n) is 5.76. The molecule has 30 heavy (non-hydrogen) atoms. The molecule has 0 radical (unpaired) electrons. The SMILES string of the molecule is c1ccc(CN2CCC(NC(=NCC3CCCO3)NCCc3ccco3)CC2)nc1. The van der Waals surface area contributed by atoms with Gasteiger partial charge < -0.3 is 19.8 Å². The summed E-state index contributed by atoms with van der Waals surface area (Å²) >= 11 is 0. The highest BCUT2D eigenvalue weighted by molar-refractivity contribution is 5.80. The standard InChI is InChI=1S/C23H33N5O2/c1-2-11-24-20(5-1)18-28-13-9-19(10-14-28)27-23(26-17-22-7-4-16-30-22)25-12-8-21-6-3-15-29-21/h1-3,5-6,11,15,19,22H,4,7-10,12-14,16-18H2,(H2,25,26,27). The second-order valence-corrected chi connectivity index (χ2v) is 8.10. The Morgan fingerprint density at radius 3 is 2.83 bits per heavy atom. The predicted octanol–water partition coefficient (Wildman–Crippen LogP) is 2.60. The number of hydrogen-bond donors (Lipinski definition) is 2. The molecule has 2 aliphatic rings. The molecule has 7 heteroatoms. The number of furan rings is 1. The van der Waals surface area contributed by atoms with E-state index < -0.39 is 0 Å². The quantitative estimate of drug-likeness (QED) is 0.514. The first-order valence-corrected chi connectivity index (χ1v) is 11.2. The maximum atomic E-state index is 5.74. The third-order valence-corrected chi connectivity index (χ3v) is 5.76. The van der Waals surface area contributed by atoms with Gasteiger partial charge in [-0.25, -0.2) is 0 Å². The van der Waals surface area contributed by atoms with E-state index in [1.165, 1.54) is 0 Å². The Morgan fingerprint density at radius 2 is 2.10 bits per heavy atom. The fourth-order valence-electron chi connectivity index (χ4n) is 4.04. The molecule has 0 saturated carbocycles. The van der Waals surface area contributed by atoms with E-state index in [2.05, 4.69) is 32.7 Å². The summed E-state index contributed by atoms with van der Waals surface area (Å²) in [5, 5.41) is 7.13. The van der Waals surface area contributed by atoms with E-state index in [4.69, 9.17) is 14.1 Å². The molecule has 1 unspecified atom stereocenters. The van der Waals surface area contributed by atoms with Crippen LogP contribution in [-0.4, -0.2) is 60.8 Å². The molecule has 0 aliphatic carbocycles. The zero-order chi connectivity index (χ0) is 20.4. The van der Waals surface area contributed by atoms with Crippen LogP contribution in [0, 0.1) is 0 Å². The maximum Gasteiger partial charge on any atom is 0.191 e. The van der Waals surface area contributed by atoms with Crippen LogP contribution >= 0.6 is 0 Å². The van der Waals surface area contributed by atoms with Crippen molar-refractivity contribution in [1.29, 1.82) is 0 Å². The summed E-state index contributed by atoms with van der Waals surface area (Å²) in [6, 6.07) is 10.5. The number of nitrogens with zero attached hydrogens (tertiary/aromatic N) is 3. The lowest BCUT2D eigenvalue weighted by atomic mass is 10.0. The van der Waals surface area contributed by atoms with Gasteiger partial charge in [0.1, 0.15) is 5.76 Å². The molecule has 2 N–H and O–H groups in total. The number of piperidine rings is 1. The van der Waals surface area contributed by atoms with Crippen LogP contribution < -0.4 is 10.6 Å². The number of guanidine groups is 1. The van der Waals surface area contributed by atoms with Crippen molar-refractivity contribution in [2.75, 3.05) is 32.8 Å². The monoisotopic (exact) mass is 411 g/mol. The zero-order valence-corrected chi connectivity index (χ0v) is 17.6. The molecule has 2 aromatic rings. The fourth-order valence-corrected chi connectivity index (χ4v) is 4.04. The Bertz CT molecular complexity index is 751. The van der Waals surface area contributed by atoms with E-state index in [1.54, 1.807) is 6.26 Å². The smallest absolute Gasteiger partial charge is 0.191 e. The number of aromatic nitrogens is 1. The second-order valence-electron chi connectivity index (χ2n) is 8.10. The molecule has 0 spiro atoms. The molecule has 0 aromatic carbocycles. The van der Waals surface area contributed by atoms with E-state index in [0.29, 0.717) is 12.6 Å². The van der Waals surface area contributed by atoms with Crippen LogP contribution in [0.25, 0.3) is 0 Å². The Balaban J connectivity index is 1.25. The highest BCUT2D eigenvalue weighted by atomic mass is 16.5. The first-order valence-electron chi connectivity index (χ1n) is 11.2. The highest BCUT2D eigenvalue weighted by Gasteiger charge is 2.21. The van der Waals surface area contributed by atoms with Crippen LogP contribution in [-0.2, 0) is 17.7 Å². The van der Waals surface area contributed by atoms with Crippen molar-refractivity contribution in [3.8, 4) is 0 Å². The van der Waals surface area contributed by atoms with Gasteiger partial charge in [-0.1, -0.05) is 6.07 Å². The zero-order valence-electron chi connectivity index (χ0n) is 17.6. The summed E-state index contributed by atoms with van der Waals surface area (Å²) < 4.78 is 11.2. The number of hydrogen-bond acceptors (Lipinski definition) is 5. The average Bonchev–Trinajstić information content (AvgIpc) is 3.48. The van der Waals surface area contributed by atoms with Crippen LogP contribution in [0.1, 0.15) is 37.1 Å². The molecule has 4 rings (SSSR count). The Hall–Kier alpha value is -2.38. The molecule has 162 valence electrons. The van der Waals surface area contributed by atoms with E-state index >= 15 is 0 Å². The summed E-state index contributed by atoms with van der Waals surface area (Å²) in [6.45, 7) is 5.44. The van der Waals surface area contributed by atoms with Gasteiger partial charge in [0.2, 0.25) is 0 Å². The third kappa shape index (κ3) is 6.57. The van der Waals surface area contributed by atoms with Gasteiger partial charge in [-0.05, 0) is 49.9 Å². The van der Waals surface area contributed by atoms with Crippen molar-refractivity contribution in [2.45, 2.75) is 50.8 Å². The van der Waals surface area contributed by atoms with Gasteiger partial charge in [0.25, 0.3) is 0 Å². The van der Waals surface area contributed by atoms with Crippen molar-refractivity contribution in [1.82, 2.24) is 20.5 Å². The fraction of sp³-hybridized carbons (Fsp3) is 0.565. The molecule has 1 atom stereocenters. The number of likely N-dealkylation sites (tertiary alicyclic amines) is 1. The van der Waals surface area contributed by atoms with Gasteiger partial charge in [0, 0.05) is 51.4 Å². The normalized spacial score (nSPS) is 21.1. The van der Waals surface area contributed by atoms with Crippen molar-refractivity contribution in [3.05, 3.63) is 54.2 Å². The minimum absolute atomic E-state index is 0.258. The van der Waals surface area contributed by atoms with E-state index in [-0.39, 0.29) is 6.10 Å². The lowest BCUT2D eigenvalue weighted by molar-refractivity contribution is 0.117. The number of ether oxygens (including phenoxy) is 1. The largest absolute Gasteiger partial charge is 0.469 e. The molecule has 0 amide bonds. The average molecular weight is 412 g/mol. The lowest BCUT2D eigenvalue weighted by Crippen LogP contribution is -2.49. The molecular weight excluding hydrogens is 378 g/mol. The molecule has 2 saturated heterocycles. The van der Waals surface area contributed by atoms with Crippen LogP contribution in [0.3, 0.4) is 0 Å². The highest BCUT2D eigenvalue weighted by Crippen LogP contribution is 2.14. The first-order chi connectivity index (χ1) is 14.8. The summed E-state index contributed by atoms with van der Waals surface area (Å²) in [5.41, 5.74) is 1.14. The number of pyridine rings is 1. The Labute approximate surface area is 178 Å². The summed E-state index contributed by atoms with van der Waals surface area (Å²) in [7, 11) is 0. The number of rotatable bonds is 8. The number of aliphatic imine (C=N–C) groups is 1. The molecule has 0 bridgehead atoms. The lowest BCUT2D eigenvalue weighted by Gasteiger charge is -2.33. The molecule has 7 nitrogen and oxygen atoms in total. The summed E-state index contributed by atoms with van der Waals surface area (Å²) in [4.78, 5) is 11.8. The Morgan fingerprint density at radius 1 is 1.17 bits per heavy atom. The second kappa shape index (κ2) is 11.1. The summed E-state index contributed by atoms with van der Waals surface area (Å²) in [5.74, 6) is 1.88. The van der Waals surface area contributed by atoms with E-state index in [1.807, 2.05) is 24.4 Å². The van der Waals surface area contributed by atoms with Crippen LogP contribution in [0.15, 0.2) is 52.2 Å². The van der Waals surface area contributed by atoms with E-state index in [9.17, 15) is 0 Å². The Kier molecular flexibility index (Phi) is 7.75. The molecule has 2 aliphatic heterocycles. The van der Waals surface area contributed by atoms with Crippen molar-refractivity contribution in [3.63, 3.8) is 0 Å². The minimum Gasteiger partial charge on any atom is -0.469 e. The molecule has 2 aromatic heterocycles. The van der Waals surface area contributed by atoms with Gasteiger partial charge >= 0.3 is 0 Å². The van der Waals surface area contributed by atoms with Crippen LogP contribution in [0.5, 0.6) is 0 Å². The van der Waals surface area contributed by atoms with Crippen molar-refractivity contribution < 1.29 is 9.15 Å². The maximum absolute atomic E-state index is 5.74. The van der Waals surface area contributed by atoms with Crippen molar-refractivity contribution in [2.24, 2.45) is 4.99 Å². The van der Waals surface area contributed by atoms with Gasteiger partial charge in [-0.15, -0.1) is 0 Å². The van der Waals surface area contributed by atoms with Gasteiger partial charge in [-0.3, -0.25) is 14.9 Å². The van der Waals surface area contributed by atoms with Gasteiger partial charge in [-0.2, -0.15) is 0 Å². The molecular formula is C23H33N5O2. The van der Waals surface area contributed by atoms with Gasteiger partial charge in [0.15, 0.2) is 5.96 Å². The number of nitrogens with one attached hydrogen (secondary N) is 2. The van der Waals surface area contributed by atoms with Crippen molar-refractivity contribution >= 4 is 5.96 Å². The van der Waals surface area contributed by atoms with Crippen LogP contribution in [0.2, 0.25) is 0 Å². The van der Waals surface area contributed by atoms with Crippen LogP contribution in [0.4, 0.5) is 0 Å². The minimum atomic E-state index is 0.258. The summed E-state index contributed by atoms with van der Waals surface area (Å²) in [6.07, 6.45) is 9.15. The van der Waals surface area contributed by atoms with E-state index in [0.717, 1.165) is 82.3 Å². The molecule has 2 fully saturated rings. The topological polar surface area (TPSA) is 74.9 Å².